The van der Waals surface area contributed by atoms with Crippen molar-refractivity contribution in [3.8, 4) is 0 Å². The minimum absolute atomic E-state index is 0.552. The van der Waals surface area contributed by atoms with Crippen molar-refractivity contribution in [1.82, 2.24) is 0 Å². The summed E-state index contributed by atoms with van der Waals surface area (Å²) in [6, 6.07) is 0. The third-order valence-electron chi connectivity index (χ3n) is 3.43. The Hall–Kier alpha value is 0. The summed E-state index contributed by atoms with van der Waals surface area (Å²) in [4.78, 5) is 0. The SMILES string of the molecule is CCC[C@@H]1CCCC1C(C)(C)C. The molecular formula is C12H24. The third-order valence-corrected chi connectivity index (χ3v) is 3.43. The first kappa shape index (κ1) is 10.1. The van der Waals surface area contributed by atoms with Gasteiger partial charge in [0.1, 0.15) is 0 Å². The highest BCUT2D eigenvalue weighted by Gasteiger charge is 2.34. The summed E-state index contributed by atoms with van der Waals surface area (Å²) in [5.41, 5.74) is 0.552. The first-order chi connectivity index (χ1) is 5.55. The topological polar surface area (TPSA) is 0 Å². The molecular weight excluding hydrogens is 144 g/mol. The van der Waals surface area contributed by atoms with Crippen LogP contribution in [0.1, 0.15) is 59.8 Å². The Bertz CT molecular complexity index is 129. The largest absolute Gasteiger partial charge is 0.0654 e. The van der Waals surface area contributed by atoms with Gasteiger partial charge in [-0.2, -0.15) is 0 Å². The quantitative estimate of drug-likeness (QED) is 0.578. The van der Waals surface area contributed by atoms with E-state index in [1.807, 2.05) is 0 Å². The molecule has 0 spiro atoms. The van der Waals surface area contributed by atoms with Crippen LogP contribution >= 0.6 is 0 Å². The smallest absolute Gasteiger partial charge is 0.0337 e. The first-order valence-corrected chi connectivity index (χ1v) is 5.55. The molecule has 1 saturated carbocycles. The van der Waals surface area contributed by atoms with E-state index in [9.17, 15) is 0 Å². The number of rotatable bonds is 2. The Morgan fingerprint density at radius 3 is 2.33 bits per heavy atom. The molecule has 1 unspecified atom stereocenters. The molecule has 0 aromatic heterocycles. The molecule has 0 aromatic carbocycles. The van der Waals surface area contributed by atoms with E-state index < -0.39 is 0 Å². The summed E-state index contributed by atoms with van der Waals surface area (Å²) in [7, 11) is 0. The lowest BCUT2D eigenvalue weighted by molar-refractivity contribution is 0.178. The van der Waals surface area contributed by atoms with Crippen LogP contribution in [0.2, 0.25) is 0 Å². The zero-order chi connectivity index (χ0) is 9.19. The van der Waals surface area contributed by atoms with Gasteiger partial charge >= 0.3 is 0 Å². The molecule has 1 aliphatic rings. The second-order valence-electron chi connectivity index (χ2n) is 5.45. The second kappa shape index (κ2) is 3.81. The molecule has 0 nitrogen and oxygen atoms in total. The standard InChI is InChI=1S/C12H24/c1-5-7-10-8-6-9-11(10)12(2,3)4/h10-11H,5-9H2,1-4H3/t10-,11?/m1/s1. The highest BCUT2D eigenvalue weighted by Crippen LogP contribution is 2.45. The van der Waals surface area contributed by atoms with Gasteiger partial charge in [-0.3, -0.25) is 0 Å². The molecule has 0 bridgehead atoms. The van der Waals surface area contributed by atoms with Gasteiger partial charge in [-0.25, -0.2) is 0 Å². The van der Waals surface area contributed by atoms with Crippen LogP contribution in [-0.4, -0.2) is 0 Å². The molecule has 0 amide bonds. The van der Waals surface area contributed by atoms with Crippen LogP contribution in [-0.2, 0) is 0 Å². The van der Waals surface area contributed by atoms with Gasteiger partial charge in [0.2, 0.25) is 0 Å². The van der Waals surface area contributed by atoms with Crippen molar-refractivity contribution >= 4 is 0 Å². The maximum absolute atomic E-state index is 2.41. The van der Waals surface area contributed by atoms with Crippen molar-refractivity contribution in [2.24, 2.45) is 17.3 Å². The van der Waals surface area contributed by atoms with E-state index in [0.717, 1.165) is 11.8 Å². The Kier molecular flexibility index (Phi) is 3.20. The number of hydrogen-bond acceptors (Lipinski definition) is 0. The predicted molar refractivity (Wildman–Crippen MR) is 55.2 cm³/mol. The molecule has 72 valence electrons. The molecule has 2 atom stereocenters. The molecule has 0 aliphatic heterocycles. The van der Waals surface area contributed by atoms with E-state index in [1.165, 1.54) is 32.1 Å². The fourth-order valence-electron chi connectivity index (χ4n) is 2.89. The van der Waals surface area contributed by atoms with Gasteiger partial charge in [0.15, 0.2) is 0 Å². The van der Waals surface area contributed by atoms with Crippen LogP contribution in [0.5, 0.6) is 0 Å². The van der Waals surface area contributed by atoms with Gasteiger partial charge < -0.3 is 0 Å². The average Bonchev–Trinajstić information content (AvgIpc) is 2.34. The zero-order valence-electron chi connectivity index (χ0n) is 9.19. The molecule has 12 heavy (non-hydrogen) atoms. The molecule has 0 radical (unpaired) electrons. The fourth-order valence-corrected chi connectivity index (χ4v) is 2.89. The van der Waals surface area contributed by atoms with Gasteiger partial charge in [0.05, 0.1) is 0 Å². The Morgan fingerprint density at radius 1 is 1.17 bits per heavy atom. The van der Waals surface area contributed by atoms with Gasteiger partial charge in [0, 0.05) is 0 Å². The van der Waals surface area contributed by atoms with E-state index in [1.54, 1.807) is 0 Å². The van der Waals surface area contributed by atoms with Gasteiger partial charge in [-0.1, -0.05) is 53.4 Å². The van der Waals surface area contributed by atoms with E-state index >= 15 is 0 Å². The van der Waals surface area contributed by atoms with E-state index in [0.29, 0.717) is 5.41 Å². The molecule has 1 fully saturated rings. The van der Waals surface area contributed by atoms with Crippen molar-refractivity contribution in [3.05, 3.63) is 0 Å². The summed E-state index contributed by atoms with van der Waals surface area (Å²) in [5.74, 6) is 2.03. The van der Waals surface area contributed by atoms with Crippen molar-refractivity contribution < 1.29 is 0 Å². The molecule has 0 saturated heterocycles. The normalized spacial score (nSPS) is 31.0. The average molecular weight is 168 g/mol. The van der Waals surface area contributed by atoms with Gasteiger partial charge in [-0.05, 0) is 23.7 Å². The van der Waals surface area contributed by atoms with E-state index in [4.69, 9.17) is 0 Å². The zero-order valence-corrected chi connectivity index (χ0v) is 9.19. The maximum Gasteiger partial charge on any atom is -0.0337 e. The summed E-state index contributed by atoms with van der Waals surface area (Å²) in [6.07, 6.45) is 7.29. The Morgan fingerprint density at radius 2 is 1.83 bits per heavy atom. The van der Waals surface area contributed by atoms with E-state index in [2.05, 4.69) is 27.7 Å². The second-order valence-corrected chi connectivity index (χ2v) is 5.45. The van der Waals surface area contributed by atoms with Crippen LogP contribution in [0.3, 0.4) is 0 Å². The lowest BCUT2D eigenvalue weighted by Gasteiger charge is -2.32. The van der Waals surface area contributed by atoms with Crippen molar-refractivity contribution in [1.29, 1.82) is 0 Å². The Balaban J connectivity index is 2.52. The van der Waals surface area contributed by atoms with Crippen molar-refractivity contribution in [2.75, 3.05) is 0 Å². The lowest BCUT2D eigenvalue weighted by atomic mass is 9.73. The summed E-state index contributed by atoms with van der Waals surface area (Å²) >= 11 is 0. The number of hydrogen-bond donors (Lipinski definition) is 0. The van der Waals surface area contributed by atoms with Crippen molar-refractivity contribution in [2.45, 2.75) is 59.8 Å². The van der Waals surface area contributed by atoms with Crippen LogP contribution in [0.15, 0.2) is 0 Å². The maximum atomic E-state index is 2.41. The molecule has 0 heterocycles. The van der Waals surface area contributed by atoms with Gasteiger partial charge in [0.25, 0.3) is 0 Å². The van der Waals surface area contributed by atoms with Gasteiger partial charge in [-0.15, -0.1) is 0 Å². The van der Waals surface area contributed by atoms with E-state index in [-0.39, 0.29) is 0 Å². The monoisotopic (exact) mass is 168 g/mol. The minimum atomic E-state index is 0.552. The lowest BCUT2D eigenvalue weighted by Crippen LogP contribution is -2.23. The molecule has 0 N–H and O–H groups in total. The summed E-state index contributed by atoms with van der Waals surface area (Å²) in [6.45, 7) is 9.54. The highest BCUT2D eigenvalue weighted by atomic mass is 14.4. The minimum Gasteiger partial charge on any atom is -0.0654 e. The van der Waals surface area contributed by atoms with Crippen LogP contribution in [0.25, 0.3) is 0 Å². The summed E-state index contributed by atoms with van der Waals surface area (Å²) in [5, 5.41) is 0. The van der Waals surface area contributed by atoms with Crippen molar-refractivity contribution in [3.63, 3.8) is 0 Å². The molecule has 0 aromatic rings. The molecule has 1 rings (SSSR count). The molecule has 0 heteroatoms. The molecule has 1 aliphatic carbocycles. The highest BCUT2D eigenvalue weighted by molar-refractivity contribution is 4.85. The van der Waals surface area contributed by atoms with Crippen LogP contribution in [0, 0.1) is 17.3 Å². The fraction of sp³-hybridized carbons (Fsp3) is 1.00. The Labute approximate surface area is 77.7 Å². The first-order valence-electron chi connectivity index (χ1n) is 5.55. The van der Waals surface area contributed by atoms with Crippen LogP contribution < -0.4 is 0 Å². The predicted octanol–water partition coefficient (Wildman–Crippen LogP) is 4.25. The third kappa shape index (κ3) is 2.24. The summed E-state index contributed by atoms with van der Waals surface area (Å²) < 4.78 is 0. The van der Waals surface area contributed by atoms with Crippen LogP contribution in [0.4, 0.5) is 0 Å².